The Hall–Kier alpha value is -8.96. The van der Waals surface area contributed by atoms with Gasteiger partial charge < -0.3 is 44.6 Å². The fourth-order valence-corrected chi connectivity index (χ4v) is 9.69. The summed E-state index contributed by atoms with van der Waals surface area (Å²) in [5.74, 6) is -0.537. The van der Waals surface area contributed by atoms with Gasteiger partial charge in [0.2, 0.25) is 0 Å². The second-order valence-electron chi connectivity index (χ2n) is 16.9. The van der Waals surface area contributed by atoms with E-state index in [0.717, 1.165) is 18.2 Å². The van der Waals surface area contributed by atoms with Crippen molar-refractivity contribution < 1.29 is 85.4 Å². The van der Waals surface area contributed by atoms with E-state index in [2.05, 4.69) is 46.2 Å². The molecule has 0 aliphatic heterocycles. The molecule has 0 saturated heterocycles. The zero-order valence-electron chi connectivity index (χ0n) is 43.4. The van der Waals surface area contributed by atoms with Crippen LogP contribution >= 0.6 is 0 Å². The van der Waals surface area contributed by atoms with Gasteiger partial charge in [-0.15, -0.1) is 35.8 Å². The number of nitrogens with two attached hydrogens (primary N) is 1. The Morgan fingerprint density at radius 3 is 1.49 bits per heavy atom. The van der Waals surface area contributed by atoms with E-state index in [9.17, 15) is 57.0 Å². The molecule has 0 atom stereocenters. The summed E-state index contributed by atoms with van der Waals surface area (Å²) in [7, 11) is -14.1. The number of methoxy groups -OCH3 is 4. The molecule has 7 rings (SSSR count). The predicted molar refractivity (Wildman–Crippen MR) is 295 cm³/mol. The minimum absolute atomic E-state index is 0.0216. The van der Waals surface area contributed by atoms with Crippen LogP contribution in [0.1, 0.15) is 12.0 Å². The normalized spacial score (nSPS) is 12.5. The average Bonchev–Trinajstić information content (AvgIpc) is 2.92. The molecule has 0 spiro atoms. The number of anilines is 2. The number of azo groups is 4. The molecule has 0 unspecified atom stereocenters. The summed E-state index contributed by atoms with van der Waals surface area (Å²) in [4.78, 5) is -2.62. The number of aromatic hydroxyl groups is 1. The van der Waals surface area contributed by atoms with Gasteiger partial charge in [-0.2, -0.15) is 38.8 Å². The fraction of sp³-hybridized carbons (Fsp3) is 0.184. The lowest BCUT2D eigenvalue weighted by atomic mass is 10.1. The van der Waals surface area contributed by atoms with Crippen LogP contribution in [0.5, 0.6) is 40.2 Å². The Bertz CT molecular complexity index is 4190. The molecule has 0 aliphatic rings. The first-order valence-corrected chi connectivity index (χ1v) is 29.1. The van der Waals surface area contributed by atoms with Crippen molar-refractivity contribution in [3.05, 3.63) is 109 Å². The van der Waals surface area contributed by atoms with Crippen molar-refractivity contribution in [3.63, 3.8) is 0 Å². The van der Waals surface area contributed by atoms with Crippen molar-refractivity contribution in [2.75, 3.05) is 58.6 Å². The number of hydrogen-bond acceptors (Lipinski definition) is 25. The molecule has 8 N–H and O–H groups in total. The number of rotatable bonds is 24. The van der Waals surface area contributed by atoms with Crippen molar-refractivity contribution in [2.45, 2.75) is 28.0 Å². The maximum atomic E-state index is 12.7. The van der Waals surface area contributed by atoms with Gasteiger partial charge in [0.25, 0.3) is 40.5 Å². The number of hydrogen-bond donors (Lipinski definition) is 7. The molecule has 0 amide bonds. The minimum Gasteiger partial charge on any atom is -0.505 e. The van der Waals surface area contributed by atoms with Gasteiger partial charge in [-0.1, -0.05) is 0 Å². The summed E-state index contributed by atoms with van der Waals surface area (Å²) in [6, 6.07) is 22.9. The topological polar surface area (TPSA) is 430 Å². The molecule has 432 valence electrons. The van der Waals surface area contributed by atoms with E-state index >= 15 is 0 Å². The van der Waals surface area contributed by atoms with Crippen LogP contribution in [0.3, 0.4) is 0 Å². The Morgan fingerprint density at radius 2 is 0.988 bits per heavy atom. The number of phenolic OH excluding ortho intramolecular Hbond substituents is 1. The molecule has 33 heteroatoms. The maximum Gasteiger partial charge on any atom is 0.296 e. The van der Waals surface area contributed by atoms with E-state index < -0.39 is 78.0 Å². The largest absolute Gasteiger partial charge is 0.505 e. The Kier molecular flexibility index (Phi) is 18.7. The van der Waals surface area contributed by atoms with E-state index in [4.69, 9.17) is 34.2 Å². The first kappa shape index (κ1) is 60.7. The first-order chi connectivity index (χ1) is 38.7. The smallest absolute Gasteiger partial charge is 0.296 e. The summed E-state index contributed by atoms with van der Waals surface area (Å²) >= 11 is 0. The van der Waals surface area contributed by atoms with Crippen LogP contribution in [0, 0.1) is 6.92 Å². The molecular formula is C49H48N10O19S4. The van der Waals surface area contributed by atoms with E-state index in [1.165, 1.54) is 77.0 Å². The van der Waals surface area contributed by atoms with E-state index in [1.807, 2.05) is 0 Å². The highest BCUT2D eigenvalue weighted by Crippen LogP contribution is 2.47. The maximum absolute atomic E-state index is 12.7. The van der Waals surface area contributed by atoms with Crippen LogP contribution in [0.2, 0.25) is 0 Å². The van der Waals surface area contributed by atoms with Crippen molar-refractivity contribution in [1.82, 2.24) is 0 Å². The zero-order valence-corrected chi connectivity index (χ0v) is 46.6. The second kappa shape index (κ2) is 25.2. The van der Waals surface area contributed by atoms with Crippen molar-refractivity contribution in [2.24, 2.45) is 40.9 Å². The lowest BCUT2D eigenvalue weighted by molar-refractivity contribution is 0.317. The summed E-state index contributed by atoms with van der Waals surface area (Å²) in [5.41, 5.74) is 6.33. The lowest BCUT2D eigenvalue weighted by Crippen LogP contribution is -2.08. The van der Waals surface area contributed by atoms with Gasteiger partial charge in [0.1, 0.15) is 84.1 Å². The third-order valence-corrected chi connectivity index (χ3v) is 14.7. The van der Waals surface area contributed by atoms with Gasteiger partial charge in [-0.3, -0.25) is 18.2 Å². The Labute approximate surface area is 467 Å². The number of nitrogens with zero attached hydrogens (tertiary/aromatic N) is 8. The third-order valence-electron chi connectivity index (χ3n) is 11.3. The van der Waals surface area contributed by atoms with Crippen molar-refractivity contribution in [1.29, 1.82) is 0 Å². The standard InChI is InChI=1S/C49H48N10O19S4/c1-27-17-36(54-52-34-14-12-32(80(64,65)66)20-46(34)81(67,68)69)45(77-15-6-16-79(61,62)63)21-35(27)53-55-37-22-42(74-3)38(23-41(37)73-2)56-57-39-24-44(76-5)40(25-43(39)75-4)58-59-48-47(82(70,71)72)19-28-18-30(9-13-33(28)49(48)60)51-26-78-31-10-7-29(50)8-11-31/h7-14,17-25,51,60H,6,15-16,26,50H2,1-5H3,(H,61,62,63)(H,64,65,66)(H,67,68,69)(H,70,71,72). The highest BCUT2D eigenvalue weighted by atomic mass is 32.2. The number of fused-ring (bicyclic) bond motifs is 1. The number of aryl methyl sites for hydroxylation is 1. The van der Waals surface area contributed by atoms with Gasteiger partial charge in [0.15, 0.2) is 12.5 Å². The molecule has 0 heterocycles. The van der Waals surface area contributed by atoms with Crippen LogP contribution < -0.4 is 39.5 Å². The van der Waals surface area contributed by atoms with Gasteiger partial charge in [0.05, 0.1) is 51.4 Å². The predicted octanol–water partition coefficient (Wildman–Crippen LogP) is 11.0. The number of benzene rings is 7. The SMILES string of the molecule is COc1cc(N=Nc2cc(OC)c(N=Nc3c(S(=O)(=O)O)cc4cc(NCOc5ccc(N)cc5)ccc4c3O)cc2OC)c(OC)cc1N=Nc1cc(OCCCS(=O)(=O)O)c(N=Nc2ccc(S(=O)(=O)O)cc2S(=O)(=O)O)cc1C. The van der Waals surface area contributed by atoms with E-state index in [-0.39, 0.29) is 93.4 Å². The van der Waals surface area contributed by atoms with Gasteiger partial charge in [-0.25, -0.2) is 0 Å². The van der Waals surface area contributed by atoms with Crippen LogP contribution in [0.4, 0.5) is 56.9 Å². The summed E-state index contributed by atoms with van der Waals surface area (Å²) in [6.45, 7) is 1.29. The molecule has 0 saturated carbocycles. The third kappa shape index (κ3) is 15.3. The van der Waals surface area contributed by atoms with Gasteiger partial charge >= 0.3 is 0 Å². The van der Waals surface area contributed by atoms with Gasteiger partial charge in [-0.05, 0) is 97.1 Å². The quantitative estimate of drug-likeness (QED) is 0.00971. The van der Waals surface area contributed by atoms with E-state index in [0.29, 0.717) is 28.8 Å². The van der Waals surface area contributed by atoms with Crippen LogP contribution in [0.25, 0.3) is 10.8 Å². The molecular weight excluding hydrogens is 1160 g/mol. The second-order valence-corrected chi connectivity index (χ2v) is 22.7. The summed E-state index contributed by atoms with van der Waals surface area (Å²) < 4.78 is 168. The minimum atomic E-state index is -5.12. The Balaban J connectivity index is 1.16. The van der Waals surface area contributed by atoms with Gasteiger partial charge in [0, 0.05) is 47.1 Å². The molecule has 7 aromatic carbocycles. The van der Waals surface area contributed by atoms with Crippen LogP contribution in [0.15, 0.2) is 159 Å². The summed E-state index contributed by atoms with van der Waals surface area (Å²) in [5, 5.41) is 48.2. The molecule has 0 radical (unpaired) electrons. The van der Waals surface area contributed by atoms with Crippen molar-refractivity contribution in [3.8, 4) is 40.2 Å². The average molecular weight is 1210 g/mol. The highest BCUT2D eigenvalue weighted by Gasteiger charge is 2.24. The molecule has 82 heavy (non-hydrogen) atoms. The van der Waals surface area contributed by atoms with E-state index in [1.54, 1.807) is 37.3 Å². The van der Waals surface area contributed by atoms with Crippen LogP contribution in [-0.2, 0) is 40.5 Å². The first-order valence-electron chi connectivity index (χ1n) is 23.2. The fourth-order valence-electron chi connectivity index (χ4n) is 7.32. The molecule has 0 bridgehead atoms. The number of phenols is 1. The molecule has 0 aliphatic carbocycles. The number of nitrogens with one attached hydrogen (secondary N) is 1. The molecule has 0 fully saturated rings. The zero-order chi connectivity index (χ0) is 59.7. The lowest BCUT2D eigenvalue weighted by Gasteiger charge is -2.13. The number of ether oxygens (including phenoxy) is 6. The molecule has 29 nitrogen and oxygen atoms in total. The highest BCUT2D eigenvalue weighted by molar-refractivity contribution is 7.87. The monoisotopic (exact) mass is 1210 g/mol. The number of nitrogen functional groups attached to an aromatic ring is 1. The molecule has 7 aromatic rings. The Morgan fingerprint density at radius 1 is 0.500 bits per heavy atom. The van der Waals surface area contributed by atoms with Crippen LogP contribution in [-0.4, -0.2) is 105 Å². The summed E-state index contributed by atoms with van der Waals surface area (Å²) in [6.07, 6.45) is -0.198. The molecule has 0 aromatic heterocycles. The van der Waals surface area contributed by atoms with Crippen molar-refractivity contribution >= 4 is 108 Å².